The standard InChI is InChI=1S/C14H16N2O4/c1-9(17)15-11(14(19)20)8-16-7-6-13(18)10-4-2-3-5-12(10)16/h2-5,11H,6-8H2,1H3,(H,15,17)(H,19,20). The number of carboxylic acids is 1. The first-order chi connectivity index (χ1) is 9.49. The summed E-state index contributed by atoms with van der Waals surface area (Å²) in [4.78, 5) is 35.9. The van der Waals surface area contributed by atoms with E-state index in [4.69, 9.17) is 5.11 Å². The highest BCUT2D eigenvalue weighted by atomic mass is 16.4. The fourth-order valence-corrected chi connectivity index (χ4v) is 2.32. The van der Waals surface area contributed by atoms with E-state index in [0.29, 0.717) is 18.5 Å². The molecular formula is C14H16N2O4. The number of hydrogen-bond donors (Lipinski definition) is 2. The molecule has 2 N–H and O–H groups in total. The van der Waals surface area contributed by atoms with Gasteiger partial charge in [0.1, 0.15) is 6.04 Å². The maximum absolute atomic E-state index is 11.8. The molecule has 6 heteroatoms. The summed E-state index contributed by atoms with van der Waals surface area (Å²) in [6.07, 6.45) is 0.351. The third kappa shape index (κ3) is 2.96. The highest BCUT2D eigenvalue weighted by Gasteiger charge is 2.27. The monoisotopic (exact) mass is 276 g/mol. The van der Waals surface area contributed by atoms with Crippen molar-refractivity contribution in [3.8, 4) is 0 Å². The number of rotatable bonds is 4. The van der Waals surface area contributed by atoms with E-state index in [9.17, 15) is 14.4 Å². The first-order valence-corrected chi connectivity index (χ1v) is 6.36. The van der Waals surface area contributed by atoms with Gasteiger partial charge in [0.05, 0.1) is 0 Å². The number of carbonyl (C=O) groups is 3. The van der Waals surface area contributed by atoms with Crippen molar-refractivity contribution in [3.05, 3.63) is 29.8 Å². The van der Waals surface area contributed by atoms with E-state index in [-0.39, 0.29) is 12.3 Å². The number of ketones is 1. The van der Waals surface area contributed by atoms with Crippen molar-refractivity contribution in [2.75, 3.05) is 18.0 Å². The Morgan fingerprint density at radius 1 is 1.40 bits per heavy atom. The minimum Gasteiger partial charge on any atom is -0.480 e. The Morgan fingerprint density at radius 2 is 2.10 bits per heavy atom. The van der Waals surface area contributed by atoms with Gasteiger partial charge in [-0.2, -0.15) is 0 Å². The number of carboxylic acid groups (broad SMARTS) is 1. The molecule has 6 nitrogen and oxygen atoms in total. The maximum atomic E-state index is 11.8. The highest BCUT2D eigenvalue weighted by molar-refractivity contribution is 6.03. The summed E-state index contributed by atoms with van der Waals surface area (Å²) in [5.74, 6) is -1.42. The normalized spacial score (nSPS) is 15.4. The molecular weight excluding hydrogens is 260 g/mol. The van der Waals surface area contributed by atoms with Crippen LogP contribution in [0.3, 0.4) is 0 Å². The Hall–Kier alpha value is -2.37. The fourth-order valence-electron chi connectivity index (χ4n) is 2.32. The van der Waals surface area contributed by atoms with E-state index in [1.165, 1.54) is 6.92 Å². The molecule has 0 bridgehead atoms. The zero-order valence-electron chi connectivity index (χ0n) is 11.1. The quantitative estimate of drug-likeness (QED) is 0.844. The van der Waals surface area contributed by atoms with Crippen LogP contribution in [0.15, 0.2) is 24.3 Å². The van der Waals surface area contributed by atoms with Crippen LogP contribution >= 0.6 is 0 Å². The van der Waals surface area contributed by atoms with E-state index in [0.717, 1.165) is 5.69 Å². The van der Waals surface area contributed by atoms with Crippen molar-refractivity contribution < 1.29 is 19.5 Å². The molecule has 0 aromatic heterocycles. The molecule has 2 rings (SSSR count). The minimum atomic E-state index is -1.09. The van der Waals surface area contributed by atoms with Crippen molar-refractivity contribution in [1.82, 2.24) is 5.32 Å². The number of aliphatic carboxylic acids is 1. The smallest absolute Gasteiger partial charge is 0.328 e. The first kappa shape index (κ1) is 14.0. The molecule has 1 aromatic rings. The van der Waals surface area contributed by atoms with Crippen LogP contribution in [0.4, 0.5) is 5.69 Å². The Kier molecular flexibility index (Phi) is 4.02. The molecule has 1 aliphatic rings. The second-order valence-electron chi connectivity index (χ2n) is 4.73. The predicted molar refractivity (Wildman–Crippen MR) is 72.8 cm³/mol. The molecule has 0 spiro atoms. The van der Waals surface area contributed by atoms with Crippen LogP contribution in [-0.2, 0) is 9.59 Å². The zero-order chi connectivity index (χ0) is 14.7. The van der Waals surface area contributed by atoms with Crippen molar-refractivity contribution in [3.63, 3.8) is 0 Å². The van der Waals surface area contributed by atoms with Crippen LogP contribution in [0, 0.1) is 0 Å². The van der Waals surface area contributed by atoms with Crippen molar-refractivity contribution in [1.29, 1.82) is 0 Å². The number of amides is 1. The largest absolute Gasteiger partial charge is 0.480 e. The van der Waals surface area contributed by atoms with Gasteiger partial charge in [0.15, 0.2) is 5.78 Å². The van der Waals surface area contributed by atoms with E-state index in [1.807, 2.05) is 4.90 Å². The lowest BCUT2D eigenvalue weighted by atomic mass is 10.00. The number of nitrogens with one attached hydrogen (secondary N) is 1. The lowest BCUT2D eigenvalue weighted by Crippen LogP contribution is -2.49. The lowest BCUT2D eigenvalue weighted by molar-refractivity contribution is -0.141. The Morgan fingerprint density at radius 3 is 2.75 bits per heavy atom. The van der Waals surface area contributed by atoms with Crippen LogP contribution in [0.5, 0.6) is 0 Å². The number of Topliss-reactive ketones (excluding diaryl/α,β-unsaturated/α-hetero) is 1. The fraction of sp³-hybridized carbons (Fsp3) is 0.357. The summed E-state index contributed by atoms with van der Waals surface area (Å²) in [5, 5.41) is 11.5. The van der Waals surface area contributed by atoms with Gasteiger partial charge in [0.25, 0.3) is 0 Å². The Labute approximate surface area is 116 Å². The van der Waals surface area contributed by atoms with Crippen LogP contribution < -0.4 is 10.2 Å². The number of hydrogen-bond acceptors (Lipinski definition) is 4. The van der Waals surface area contributed by atoms with Gasteiger partial charge in [-0.15, -0.1) is 0 Å². The number of nitrogens with zero attached hydrogens (tertiary/aromatic N) is 1. The van der Waals surface area contributed by atoms with Crippen LogP contribution in [-0.4, -0.2) is 41.9 Å². The number of fused-ring (bicyclic) bond motifs is 1. The highest BCUT2D eigenvalue weighted by Crippen LogP contribution is 2.26. The second kappa shape index (κ2) is 5.73. The third-order valence-corrected chi connectivity index (χ3v) is 3.23. The van der Waals surface area contributed by atoms with E-state index in [2.05, 4.69) is 5.32 Å². The average molecular weight is 276 g/mol. The molecule has 0 radical (unpaired) electrons. The maximum Gasteiger partial charge on any atom is 0.328 e. The molecule has 1 atom stereocenters. The molecule has 20 heavy (non-hydrogen) atoms. The summed E-state index contributed by atoms with van der Waals surface area (Å²) in [7, 11) is 0. The minimum absolute atomic E-state index is 0.0586. The van der Waals surface area contributed by atoms with E-state index < -0.39 is 17.9 Å². The second-order valence-corrected chi connectivity index (χ2v) is 4.73. The Balaban J connectivity index is 2.21. The van der Waals surface area contributed by atoms with E-state index in [1.54, 1.807) is 24.3 Å². The average Bonchev–Trinajstić information content (AvgIpc) is 2.40. The zero-order valence-corrected chi connectivity index (χ0v) is 11.1. The first-order valence-electron chi connectivity index (χ1n) is 6.36. The third-order valence-electron chi connectivity index (χ3n) is 3.23. The Bertz CT molecular complexity index is 556. The van der Waals surface area contributed by atoms with E-state index >= 15 is 0 Å². The molecule has 0 aliphatic carbocycles. The number of anilines is 1. The molecule has 1 amide bonds. The molecule has 1 aromatic carbocycles. The molecule has 0 saturated carbocycles. The van der Waals surface area contributed by atoms with Crippen LogP contribution in [0.25, 0.3) is 0 Å². The van der Waals surface area contributed by atoms with Gasteiger partial charge in [-0.25, -0.2) is 4.79 Å². The summed E-state index contributed by atoms with van der Waals surface area (Å²) >= 11 is 0. The number of benzene rings is 1. The van der Waals surface area contributed by atoms with Gasteiger partial charge >= 0.3 is 5.97 Å². The molecule has 1 aliphatic heterocycles. The topological polar surface area (TPSA) is 86.7 Å². The van der Waals surface area contributed by atoms with Gasteiger partial charge in [0, 0.05) is 37.7 Å². The van der Waals surface area contributed by atoms with Crippen molar-refractivity contribution in [2.45, 2.75) is 19.4 Å². The summed E-state index contributed by atoms with van der Waals surface area (Å²) < 4.78 is 0. The summed E-state index contributed by atoms with van der Waals surface area (Å²) in [6, 6.07) is 6.12. The van der Waals surface area contributed by atoms with Gasteiger partial charge in [0.2, 0.25) is 5.91 Å². The lowest BCUT2D eigenvalue weighted by Gasteiger charge is -2.32. The summed E-state index contributed by atoms with van der Waals surface area (Å²) in [5.41, 5.74) is 1.33. The molecule has 106 valence electrons. The molecule has 0 fully saturated rings. The van der Waals surface area contributed by atoms with Gasteiger partial charge < -0.3 is 15.3 Å². The molecule has 1 heterocycles. The molecule has 1 unspecified atom stereocenters. The van der Waals surface area contributed by atoms with Crippen LogP contribution in [0.1, 0.15) is 23.7 Å². The predicted octanol–water partition coefficient (Wildman–Crippen LogP) is 0.669. The molecule has 0 saturated heterocycles. The van der Waals surface area contributed by atoms with Gasteiger partial charge in [-0.3, -0.25) is 9.59 Å². The number of para-hydroxylation sites is 1. The number of carbonyl (C=O) groups excluding carboxylic acids is 2. The van der Waals surface area contributed by atoms with Crippen molar-refractivity contribution >= 4 is 23.3 Å². The summed E-state index contributed by atoms with van der Waals surface area (Å²) in [6.45, 7) is 1.88. The van der Waals surface area contributed by atoms with Gasteiger partial charge in [-0.05, 0) is 12.1 Å². The SMILES string of the molecule is CC(=O)NC(CN1CCC(=O)c2ccccc21)C(=O)O. The van der Waals surface area contributed by atoms with Gasteiger partial charge in [-0.1, -0.05) is 12.1 Å². The van der Waals surface area contributed by atoms with Crippen molar-refractivity contribution in [2.24, 2.45) is 0 Å². The van der Waals surface area contributed by atoms with Crippen LogP contribution in [0.2, 0.25) is 0 Å².